The second-order valence-electron chi connectivity index (χ2n) is 2.77. The van der Waals surface area contributed by atoms with Gasteiger partial charge in [-0.2, -0.15) is 0 Å². The van der Waals surface area contributed by atoms with E-state index in [0.717, 1.165) is 12.1 Å². The molecule has 2 nitrogen and oxygen atoms in total. The van der Waals surface area contributed by atoms with Gasteiger partial charge in [0.15, 0.2) is 5.75 Å². The van der Waals surface area contributed by atoms with E-state index in [2.05, 4.69) is 4.74 Å². The highest BCUT2D eigenvalue weighted by atomic mass is 19.4. The van der Waals surface area contributed by atoms with Crippen molar-refractivity contribution in [3.63, 3.8) is 0 Å². The van der Waals surface area contributed by atoms with Crippen molar-refractivity contribution in [3.05, 3.63) is 17.9 Å². The average molecular weight is 207 g/mol. The van der Waals surface area contributed by atoms with Gasteiger partial charge in [-0.05, 0) is 17.6 Å². The van der Waals surface area contributed by atoms with Gasteiger partial charge in [-0.25, -0.2) is 4.39 Å². The fourth-order valence-electron chi connectivity index (χ4n) is 1.27. The van der Waals surface area contributed by atoms with Crippen LogP contribution < -0.4 is 14.9 Å². The molecule has 14 heavy (non-hydrogen) atoms. The first kappa shape index (κ1) is 9.17. The summed E-state index contributed by atoms with van der Waals surface area (Å²) in [5, 5.41) is 0. The maximum absolute atomic E-state index is 12.9. The molecule has 0 fully saturated rings. The zero-order valence-electron chi connectivity index (χ0n) is 6.77. The van der Waals surface area contributed by atoms with Gasteiger partial charge in [0.05, 0.1) is 0 Å². The Bertz CT molecular complexity index is 377. The van der Waals surface area contributed by atoms with Gasteiger partial charge >= 0.3 is 6.98 Å². The molecule has 7 heteroatoms. The molecule has 0 saturated carbocycles. The largest absolute Gasteiger partial charge is 0.516 e. The van der Waals surface area contributed by atoms with Crippen molar-refractivity contribution < 1.29 is 26.8 Å². The highest BCUT2D eigenvalue weighted by Gasteiger charge is 2.36. The number of benzene rings is 1. The van der Waals surface area contributed by atoms with Crippen molar-refractivity contribution in [3.8, 4) is 11.5 Å². The minimum absolute atomic E-state index is 0.0689. The van der Waals surface area contributed by atoms with E-state index in [1.807, 2.05) is 0 Å². The predicted molar refractivity (Wildman–Crippen MR) is 41.2 cm³/mol. The number of hydrogen-bond acceptors (Lipinski definition) is 2. The van der Waals surface area contributed by atoms with Crippen LogP contribution >= 0.6 is 0 Å². The van der Waals surface area contributed by atoms with E-state index in [9.17, 15) is 17.3 Å². The molecule has 0 aromatic heterocycles. The molecule has 1 aliphatic rings. The van der Waals surface area contributed by atoms with Crippen molar-refractivity contribution in [1.82, 2.24) is 0 Å². The third-order valence-electron chi connectivity index (χ3n) is 1.85. The van der Waals surface area contributed by atoms with Crippen LogP contribution in [0, 0.1) is 5.82 Å². The van der Waals surface area contributed by atoms with E-state index in [-0.39, 0.29) is 12.5 Å². The van der Waals surface area contributed by atoms with Crippen molar-refractivity contribution in [2.45, 2.75) is 0 Å². The van der Waals surface area contributed by atoms with Crippen LogP contribution in [0.15, 0.2) is 12.1 Å². The summed E-state index contributed by atoms with van der Waals surface area (Å²) in [4.78, 5) is 0. The standard InChI is InChI=1S/C7H4BF4O2/c9-4-1-2-5-7(14-3-13-5)6(4)8(10,11)12/h1-2H,3H2/q-1. The lowest BCUT2D eigenvalue weighted by Crippen LogP contribution is -2.37. The molecule has 0 radical (unpaired) electrons. The van der Waals surface area contributed by atoms with Crippen LogP contribution in [0.1, 0.15) is 0 Å². The lowest BCUT2D eigenvalue weighted by atomic mass is 9.78. The van der Waals surface area contributed by atoms with Crippen LogP contribution in [0.4, 0.5) is 17.3 Å². The number of rotatable bonds is 1. The van der Waals surface area contributed by atoms with Crippen molar-refractivity contribution in [1.29, 1.82) is 0 Å². The molecule has 1 aromatic rings. The van der Waals surface area contributed by atoms with Gasteiger partial charge in [0, 0.05) is 0 Å². The monoisotopic (exact) mass is 207 g/mol. The van der Waals surface area contributed by atoms with E-state index in [1.54, 1.807) is 0 Å². The van der Waals surface area contributed by atoms with E-state index < -0.39 is 24.0 Å². The van der Waals surface area contributed by atoms with Crippen LogP contribution in [0.25, 0.3) is 0 Å². The first-order valence-corrected chi connectivity index (χ1v) is 3.78. The molecule has 76 valence electrons. The third kappa shape index (κ3) is 1.28. The van der Waals surface area contributed by atoms with Crippen LogP contribution in [-0.4, -0.2) is 13.8 Å². The summed E-state index contributed by atoms with van der Waals surface area (Å²) in [6.45, 7) is -5.73. The lowest BCUT2D eigenvalue weighted by Gasteiger charge is -2.17. The molecule has 1 aromatic carbocycles. The zero-order chi connectivity index (χ0) is 10.3. The molecule has 0 unspecified atom stereocenters. The molecule has 0 bridgehead atoms. The highest BCUT2D eigenvalue weighted by molar-refractivity contribution is 6.74. The van der Waals surface area contributed by atoms with Gasteiger partial charge in [0.25, 0.3) is 0 Å². The maximum atomic E-state index is 12.9. The number of fused-ring (bicyclic) bond motifs is 1. The first-order chi connectivity index (χ1) is 6.50. The Balaban J connectivity index is 2.63. The van der Waals surface area contributed by atoms with Gasteiger partial charge in [0.1, 0.15) is 11.6 Å². The molecular weight excluding hydrogens is 203 g/mol. The van der Waals surface area contributed by atoms with E-state index in [1.165, 1.54) is 0 Å². The minimum Gasteiger partial charge on any atom is -0.457 e. The normalized spacial score (nSPS) is 14.6. The summed E-state index contributed by atoms with van der Waals surface area (Å²) in [5.74, 6) is -1.94. The summed E-state index contributed by atoms with van der Waals surface area (Å²) in [7, 11) is 0. The van der Waals surface area contributed by atoms with Crippen molar-refractivity contribution in [2.24, 2.45) is 0 Å². The topological polar surface area (TPSA) is 18.5 Å². The van der Waals surface area contributed by atoms with E-state index in [4.69, 9.17) is 4.74 Å². The molecule has 0 aliphatic carbocycles. The van der Waals surface area contributed by atoms with Gasteiger partial charge in [-0.15, -0.1) is 0 Å². The Labute approximate surface area is 76.5 Å². The summed E-state index contributed by atoms with van der Waals surface area (Å²) in [5.41, 5.74) is -1.35. The quantitative estimate of drug-likeness (QED) is 0.514. The predicted octanol–water partition coefficient (Wildman–Crippen LogP) is 1.61. The molecule has 1 aliphatic heterocycles. The fraction of sp³-hybridized carbons (Fsp3) is 0.143. The van der Waals surface area contributed by atoms with Gasteiger partial charge < -0.3 is 22.4 Å². The second-order valence-corrected chi connectivity index (χ2v) is 2.77. The molecule has 0 N–H and O–H groups in total. The minimum atomic E-state index is -5.42. The molecule has 0 amide bonds. The van der Waals surface area contributed by atoms with E-state index in [0.29, 0.717) is 0 Å². The molecule has 0 saturated heterocycles. The molecule has 0 atom stereocenters. The number of hydrogen-bond donors (Lipinski definition) is 0. The molecule has 0 spiro atoms. The molecule has 2 rings (SSSR count). The van der Waals surface area contributed by atoms with Crippen molar-refractivity contribution in [2.75, 3.05) is 6.79 Å². The Morgan fingerprint density at radius 3 is 2.50 bits per heavy atom. The Kier molecular flexibility index (Phi) is 1.83. The van der Waals surface area contributed by atoms with Crippen molar-refractivity contribution >= 4 is 12.4 Å². The Morgan fingerprint density at radius 1 is 1.14 bits per heavy atom. The SMILES string of the molecule is Fc1ccc2c(c1[B-](F)(F)F)OCO2. The summed E-state index contributed by atoms with van der Waals surface area (Å²) in [6, 6.07) is 1.83. The van der Waals surface area contributed by atoms with Crippen LogP contribution in [-0.2, 0) is 0 Å². The summed E-state index contributed by atoms with van der Waals surface area (Å²) in [6.07, 6.45) is 0. The van der Waals surface area contributed by atoms with Crippen LogP contribution in [0.3, 0.4) is 0 Å². The summed E-state index contributed by atoms with van der Waals surface area (Å²) >= 11 is 0. The van der Waals surface area contributed by atoms with Crippen LogP contribution in [0.5, 0.6) is 11.5 Å². The maximum Gasteiger partial charge on any atom is 0.516 e. The van der Waals surface area contributed by atoms with Gasteiger partial charge in [-0.1, -0.05) is 0 Å². The Hall–Kier alpha value is -1.40. The lowest BCUT2D eigenvalue weighted by molar-refractivity contribution is 0.174. The molecular formula is C7H4BF4O2-. The smallest absolute Gasteiger partial charge is 0.457 e. The fourth-order valence-corrected chi connectivity index (χ4v) is 1.27. The second kappa shape index (κ2) is 2.80. The van der Waals surface area contributed by atoms with E-state index >= 15 is 0 Å². The average Bonchev–Trinajstić information content (AvgIpc) is 2.48. The molecule has 1 heterocycles. The zero-order valence-corrected chi connectivity index (χ0v) is 6.77. The summed E-state index contributed by atoms with van der Waals surface area (Å²) < 4.78 is 59.4. The third-order valence-corrected chi connectivity index (χ3v) is 1.85. The Morgan fingerprint density at radius 2 is 1.86 bits per heavy atom. The number of ether oxygens (including phenoxy) is 2. The highest BCUT2D eigenvalue weighted by Crippen LogP contribution is 2.33. The number of halogens is 4. The van der Waals surface area contributed by atoms with Crippen LogP contribution in [0.2, 0.25) is 0 Å². The first-order valence-electron chi connectivity index (χ1n) is 3.78. The van der Waals surface area contributed by atoms with Gasteiger partial charge in [-0.3, -0.25) is 0 Å². The van der Waals surface area contributed by atoms with Gasteiger partial charge in [0.2, 0.25) is 6.79 Å².